The number of pyridine rings is 1. The molecule has 2 aliphatic heterocycles. The van der Waals surface area contributed by atoms with Crippen molar-refractivity contribution in [1.82, 2.24) is 19.4 Å². The van der Waals surface area contributed by atoms with E-state index < -0.39 is 24.0 Å². The predicted molar refractivity (Wildman–Crippen MR) is 151 cm³/mol. The quantitative estimate of drug-likeness (QED) is 0.330. The lowest BCUT2D eigenvalue weighted by Gasteiger charge is -2.44. The fraction of sp³-hybridized carbons (Fsp3) is 0.333. The van der Waals surface area contributed by atoms with Gasteiger partial charge in [-0.2, -0.15) is 13.2 Å². The number of rotatable bonds is 5. The molecule has 1 fully saturated rings. The number of benzene rings is 1. The summed E-state index contributed by atoms with van der Waals surface area (Å²) in [5.41, 5.74) is 3.34. The van der Waals surface area contributed by atoms with Crippen LogP contribution in [0.25, 0.3) is 21.3 Å². The van der Waals surface area contributed by atoms with Gasteiger partial charge in [-0.15, -0.1) is 11.3 Å². The molecular weight excluding hydrogens is 583 g/mol. The molecule has 0 aliphatic carbocycles. The standard InChI is InChI=1S/C26H23ClF3N5O2S.CH2O2/c27-16-8-15-2-1-6-34(17-11-31-12-17)23(15)20(9-16)19-3-5-32-21-10-18(38-24(19)21)13-35-22(36)4-7-33(25(35)37)14-26(28,29)30;2-1-3/h3-5,7-10,17,31H,1-2,6,11-14H2;1H,(H,2,3). The second kappa shape index (κ2) is 11.7. The van der Waals surface area contributed by atoms with Crippen LogP contribution in [0.1, 0.15) is 16.9 Å². The van der Waals surface area contributed by atoms with E-state index in [1.165, 1.54) is 22.6 Å². The van der Waals surface area contributed by atoms with Gasteiger partial charge in [-0.3, -0.25) is 23.7 Å². The van der Waals surface area contributed by atoms with Crippen LogP contribution in [-0.2, 0) is 24.3 Å². The first-order chi connectivity index (χ1) is 19.6. The number of aryl methyl sites for hydroxylation is 1. The molecule has 14 heteroatoms. The normalized spacial score (nSPS) is 15.2. The van der Waals surface area contributed by atoms with Crippen LogP contribution in [0.4, 0.5) is 18.9 Å². The van der Waals surface area contributed by atoms with Crippen LogP contribution in [-0.4, -0.2) is 57.5 Å². The van der Waals surface area contributed by atoms with E-state index in [1.807, 2.05) is 18.2 Å². The molecule has 0 radical (unpaired) electrons. The van der Waals surface area contributed by atoms with Gasteiger partial charge >= 0.3 is 11.9 Å². The van der Waals surface area contributed by atoms with Crippen LogP contribution in [0.5, 0.6) is 0 Å². The number of carbonyl (C=O) groups is 1. The first-order valence-corrected chi connectivity index (χ1v) is 13.9. The third kappa shape index (κ3) is 6.02. The molecule has 0 bridgehead atoms. The fourth-order valence-electron chi connectivity index (χ4n) is 5.25. The van der Waals surface area contributed by atoms with Gasteiger partial charge < -0.3 is 15.3 Å². The predicted octanol–water partition coefficient (Wildman–Crippen LogP) is 3.98. The minimum Gasteiger partial charge on any atom is -0.483 e. The van der Waals surface area contributed by atoms with Crippen LogP contribution in [0, 0.1) is 0 Å². The van der Waals surface area contributed by atoms with Crippen LogP contribution in [0.2, 0.25) is 5.02 Å². The zero-order valence-electron chi connectivity index (χ0n) is 21.5. The van der Waals surface area contributed by atoms with Crippen LogP contribution in [0.3, 0.4) is 0 Å². The van der Waals surface area contributed by atoms with Gasteiger partial charge in [-0.05, 0) is 42.7 Å². The van der Waals surface area contributed by atoms with Gasteiger partial charge in [0.2, 0.25) is 0 Å². The second-order valence-corrected chi connectivity index (χ2v) is 11.3. The molecule has 1 saturated heterocycles. The number of carboxylic acid groups (broad SMARTS) is 1. The molecule has 0 spiro atoms. The molecule has 0 amide bonds. The number of nitrogens with one attached hydrogen (secondary N) is 1. The van der Waals surface area contributed by atoms with E-state index in [4.69, 9.17) is 21.5 Å². The van der Waals surface area contributed by atoms with E-state index in [-0.39, 0.29) is 13.0 Å². The van der Waals surface area contributed by atoms with Crippen LogP contribution >= 0.6 is 22.9 Å². The molecule has 1 aromatic carbocycles. The van der Waals surface area contributed by atoms with E-state index >= 15 is 0 Å². The van der Waals surface area contributed by atoms with E-state index in [2.05, 4.69) is 15.2 Å². The molecule has 3 aromatic heterocycles. The molecule has 0 atom stereocenters. The van der Waals surface area contributed by atoms with Gasteiger partial charge in [0.1, 0.15) is 6.54 Å². The number of nitrogens with zero attached hydrogens (tertiary/aromatic N) is 4. The molecule has 41 heavy (non-hydrogen) atoms. The maximum absolute atomic E-state index is 12.9. The van der Waals surface area contributed by atoms with Crippen molar-refractivity contribution in [3.05, 3.63) is 79.0 Å². The summed E-state index contributed by atoms with van der Waals surface area (Å²) in [4.78, 5) is 41.1. The molecule has 5 heterocycles. The lowest BCUT2D eigenvalue weighted by atomic mass is 9.92. The lowest BCUT2D eigenvalue weighted by Crippen LogP contribution is -2.58. The zero-order chi connectivity index (χ0) is 29.3. The van der Waals surface area contributed by atoms with Gasteiger partial charge in [-0.1, -0.05) is 11.6 Å². The molecule has 2 N–H and O–H groups in total. The highest BCUT2D eigenvalue weighted by Gasteiger charge is 2.32. The number of fused-ring (bicyclic) bond motifs is 2. The molecule has 6 rings (SSSR count). The van der Waals surface area contributed by atoms with Crippen molar-refractivity contribution in [3.8, 4) is 11.1 Å². The lowest BCUT2D eigenvalue weighted by molar-refractivity contribution is -0.141. The Morgan fingerprint density at radius 3 is 2.61 bits per heavy atom. The monoisotopic (exact) mass is 607 g/mol. The highest BCUT2D eigenvalue weighted by Crippen LogP contribution is 2.44. The van der Waals surface area contributed by atoms with Gasteiger partial charge in [0, 0.05) is 64.8 Å². The zero-order valence-corrected chi connectivity index (χ0v) is 23.1. The molecule has 4 aromatic rings. The number of thiophene rings is 1. The topological polar surface area (TPSA) is 109 Å². The Morgan fingerprint density at radius 1 is 1.17 bits per heavy atom. The number of anilines is 1. The largest absolute Gasteiger partial charge is 0.483 e. The maximum atomic E-state index is 12.9. The number of hydrogen-bond donors (Lipinski definition) is 2. The van der Waals surface area contributed by atoms with Crippen molar-refractivity contribution in [2.75, 3.05) is 24.5 Å². The maximum Gasteiger partial charge on any atom is 0.406 e. The number of alkyl halides is 3. The number of hydrogen-bond acceptors (Lipinski definition) is 7. The molecular formula is C27H25ClF3N5O4S. The van der Waals surface area contributed by atoms with Gasteiger partial charge in [0.05, 0.1) is 22.8 Å². The Hall–Kier alpha value is -3.68. The molecule has 9 nitrogen and oxygen atoms in total. The number of halogens is 4. The second-order valence-electron chi connectivity index (χ2n) is 9.73. The summed E-state index contributed by atoms with van der Waals surface area (Å²) >= 11 is 7.94. The highest BCUT2D eigenvalue weighted by atomic mass is 35.5. The van der Waals surface area contributed by atoms with E-state index in [1.54, 1.807) is 12.3 Å². The highest BCUT2D eigenvalue weighted by molar-refractivity contribution is 7.19. The summed E-state index contributed by atoms with van der Waals surface area (Å²) in [5, 5.41) is 10.9. The summed E-state index contributed by atoms with van der Waals surface area (Å²) in [5.74, 6) is 0. The van der Waals surface area contributed by atoms with Gasteiger partial charge in [0.25, 0.3) is 12.0 Å². The third-order valence-electron chi connectivity index (χ3n) is 7.04. The van der Waals surface area contributed by atoms with Crippen molar-refractivity contribution in [1.29, 1.82) is 0 Å². The first-order valence-electron chi connectivity index (χ1n) is 12.7. The molecule has 0 saturated carbocycles. The smallest absolute Gasteiger partial charge is 0.406 e. The number of aromatic nitrogens is 3. The van der Waals surface area contributed by atoms with E-state index in [0.29, 0.717) is 26.0 Å². The van der Waals surface area contributed by atoms with Crippen molar-refractivity contribution in [3.63, 3.8) is 0 Å². The SMILES string of the molecule is O=CO.O=c1ccn(CC(F)(F)F)c(=O)n1Cc1cc2nccc(-c3cc(Cl)cc4c3N(C3CNC3)CCC4)c2s1. The summed E-state index contributed by atoms with van der Waals surface area (Å²) in [7, 11) is 0. The minimum atomic E-state index is -4.58. The average molecular weight is 608 g/mol. The van der Waals surface area contributed by atoms with E-state index in [0.717, 1.165) is 65.1 Å². The summed E-state index contributed by atoms with van der Waals surface area (Å²) in [6.45, 7) is 0.947. The Bertz CT molecular complexity index is 1710. The van der Waals surface area contributed by atoms with Crippen molar-refractivity contribution in [2.24, 2.45) is 0 Å². The third-order valence-corrected chi connectivity index (χ3v) is 8.40. The van der Waals surface area contributed by atoms with E-state index in [9.17, 15) is 22.8 Å². The summed E-state index contributed by atoms with van der Waals surface area (Å²) in [6.07, 6.45) is -0.00205. The van der Waals surface area contributed by atoms with Crippen LogP contribution < -0.4 is 21.5 Å². The summed E-state index contributed by atoms with van der Waals surface area (Å²) in [6, 6.07) is 9.11. The van der Waals surface area contributed by atoms with Gasteiger partial charge in [-0.25, -0.2) is 4.79 Å². The molecule has 0 unspecified atom stereocenters. The van der Waals surface area contributed by atoms with Crippen molar-refractivity contribution < 1.29 is 23.1 Å². The minimum absolute atomic E-state index is 0.148. The Balaban J connectivity index is 0.00000108. The Labute approximate surface area is 240 Å². The van der Waals surface area contributed by atoms with Crippen molar-refractivity contribution in [2.45, 2.75) is 38.1 Å². The Kier molecular flexibility index (Phi) is 8.20. The molecule has 2 aliphatic rings. The average Bonchev–Trinajstić information content (AvgIpc) is 3.29. The Morgan fingerprint density at radius 2 is 1.93 bits per heavy atom. The van der Waals surface area contributed by atoms with Crippen LogP contribution in [0.15, 0.2) is 52.3 Å². The van der Waals surface area contributed by atoms with Crippen molar-refractivity contribution >= 4 is 45.3 Å². The van der Waals surface area contributed by atoms with Gasteiger partial charge in [0.15, 0.2) is 0 Å². The molecule has 216 valence electrons. The fourth-order valence-corrected chi connectivity index (χ4v) is 6.62. The first kappa shape index (κ1) is 28.8. The summed E-state index contributed by atoms with van der Waals surface area (Å²) < 4.78 is 40.9.